The zero-order chi connectivity index (χ0) is 32.8. The molecule has 0 aliphatic rings. The number of pyridine rings is 2. The van der Waals surface area contributed by atoms with Crippen molar-refractivity contribution in [2.75, 3.05) is 0 Å². The van der Waals surface area contributed by atoms with E-state index in [-0.39, 0.29) is 0 Å². The van der Waals surface area contributed by atoms with Crippen LogP contribution >= 0.6 is 11.3 Å². The third kappa shape index (κ3) is 4.97. The molecule has 5 heterocycles. The third-order valence-electron chi connectivity index (χ3n) is 8.68. The Hall–Kier alpha value is -5.59. The van der Waals surface area contributed by atoms with Crippen molar-refractivity contribution in [1.29, 1.82) is 0 Å². The average molecular weight is 644 g/mol. The first-order chi connectivity index (χ1) is 23.7. The average Bonchev–Trinajstić information content (AvgIpc) is 3.82. The summed E-state index contributed by atoms with van der Waals surface area (Å²) in [5.74, 6) is 0.897. The molecule has 0 atom stereocenters. The van der Waals surface area contributed by atoms with Gasteiger partial charge in [-0.2, -0.15) is 0 Å². The van der Waals surface area contributed by atoms with Crippen LogP contribution in [-0.2, 0) is 6.42 Å². The molecule has 0 aliphatic heterocycles. The smallest absolute Gasteiger partial charge is 0.136 e. The number of aryl methyl sites for hydroxylation is 1. The summed E-state index contributed by atoms with van der Waals surface area (Å²) < 4.78 is 14.8. The molecule has 0 saturated heterocycles. The van der Waals surface area contributed by atoms with Crippen LogP contribution in [0.3, 0.4) is 0 Å². The van der Waals surface area contributed by atoms with Gasteiger partial charge in [-0.25, -0.2) is 4.98 Å². The molecular formula is C42H33N3O2S. The van der Waals surface area contributed by atoms with Gasteiger partial charge in [-0.1, -0.05) is 39.0 Å². The van der Waals surface area contributed by atoms with Gasteiger partial charge in [0.25, 0.3) is 0 Å². The minimum atomic E-state index is 0.787. The van der Waals surface area contributed by atoms with Gasteiger partial charge in [0.1, 0.15) is 28.2 Å². The molecule has 48 heavy (non-hydrogen) atoms. The van der Waals surface area contributed by atoms with Crippen LogP contribution in [0.1, 0.15) is 33.5 Å². The molecule has 6 heteroatoms. The van der Waals surface area contributed by atoms with Crippen LogP contribution in [0.5, 0.6) is 0 Å². The number of nitrogens with zero attached hydrogens (tertiary/aromatic N) is 3. The van der Waals surface area contributed by atoms with E-state index in [0.717, 1.165) is 89.9 Å². The van der Waals surface area contributed by atoms with Gasteiger partial charge in [0, 0.05) is 56.2 Å². The summed E-state index contributed by atoms with van der Waals surface area (Å²) in [7, 11) is 0. The van der Waals surface area contributed by atoms with Gasteiger partial charge in [-0.3, -0.25) is 9.98 Å². The Balaban J connectivity index is 0.00000165. The fourth-order valence-electron chi connectivity index (χ4n) is 6.45. The highest BCUT2D eigenvalue weighted by Crippen LogP contribution is 2.39. The molecule has 0 N–H and O–H groups in total. The van der Waals surface area contributed by atoms with Crippen LogP contribution in [0.2, 0.25) is 0 Å². The van der Waals surface area contributed by atoms with E-state index in [2.05, 4.69) is 102 Å². The van der Waals surface area contributed by atoms with E-state index in [1.807, 2.05) is 51.4 Å². The molecule has 0 amide bonds. The highest BCUT2D eigenvalue weighted by molar-refractivity contribution is 7.25. The lowest BCUT2D eigenvalue weighted by molar-refractivity contribution is 0.558. The number of hydrogen-bond acceptors (Lipinski definition) is 6. The van der Waals surface area contributed by atoms with Crippen molar-refractivity contribution in [2.24, 2.45) is 4.99 Å². The van der Waals surface area contributed by atoms with Crippen LogP contribution in [0.15, 0.2) is 123 Å². The van der Waals surface area contributed by atoms with Gasteiger partial charge in [0.2, 0.25) is 0 Å². The summed E-state index contributed by atoms with van der Waals surface area (Å²) in [6, 6.07) is 36.0. The van der Waals surface area contributed by atoms with Crippen molar-refractivity contribution in [3.8, 4) is 33.6 Å². The predicted molar refractivity (Wildman–Crippen MR) is 203 cm³/mol. The topological polar surface area (TPSA) is 64.4 Å². The van der Waals surface area contributed by atoms with Crippen molar-refractivity contribution in [3.63, 3.8) is 0 Å². The standard InChI is InChI=1S/C40H27N3O2S.C2H6/c1-3-33-39(41-4-2)29-22-26(12-16-36(29)44-33)32-8-5-7-31(43-32)25-11-15-35-28(21-25)27-19-23(10-14-34(27)45-35)24-13-17-37-30(20-24)40-38(46-37)9-6-18-42-40;1-2/h4-22H,3H2,1-2H3;1-2H3. The zero-order valence-electron chi connectivity index (χ0n) is 27.2. The van der Waals surface area contributed by atoms with Gasteiger partial charge in [0.15, 0.2) is 0 Å². The summed E-state index contributed by atoms with van der Waals surface area (Å²) in [6.45, 7) is 8.01. The number of hydrogen-bond donors (Lipinski definition) is 0. The third-order valence-corrected chi connectivity index (χ3v) is 9.80. The summed E-state index contributed by atoms with van der Waals surface area (Å²) in [5.41, 5.74) is 10.7. The van der Waals surface area contributed by atoms with Gasteiger partial charge >= 0.3 is 0 Å². The first-order valence-electron chi connectivity index (χ1n) is 16.4. The fraction of sp³-hybridized carbons (Fsp3) is 0.119. The Labute approximate surface area is 282 Å². The van der Waals surface area contributed by atoms with E-state index in [1.54, 1.807) is 11.3 Å². The van der Waals surface area contributed by atoms with Crippen LogP contribution in [0.25, 0.3) is 86.9 Å². The van der Waals surface area contributed by atoms with E-state index >= 15 is 0 Å². The van der Waals surface area contributed by atoms with Gasteiger partial charge in [-0.05, 0) is 103 Å². The molecule has 0 spiro atoms. The molecule has 9 aromatic rings. The van der Waals surface area contributed by atoms with Crippen molar-refractivity contribution < 1.29 is 8.83 Å². The van der Waals surface area contributed by atoms with Crippen LogP contribution in [-0.4, -0.2) is 16.2 Å². The molecule has 0 saturated carbocycles. The molecule has 4 aromatic carbocycles. The largest absolute Gasteiger partial charge is 0.459 e. The number of benzene rings is 4. The second-order valence-electron chi connectivity index (χ2n) is 11.4. The molecule has 0 radical (unpaired) electrons. The van der Waals surface area contributed by atoms with Crippen LogP contribution < -0.4 is 0 Å². The van der Waals surface area contributed by atoms with Gasteiger partial charge < -0.3 is 8.83 Å². The fourth-order valence-corrected chi connectivity index (χ4v) is 7.50. The maximum Gasteiger partial charge on any atom is 0.136 e. The van der Waals surface area contributed by atoms with E-state index in [1.165, 1.54) is 14.8 Å². The summed E-state index contributed by atoms with van der Waals surface area (Å²) in [6.07, 6.45) is 4.47. The summed E-state index contributed by atoms with van der Waals surface area (Å²) in [4.78, 5) is 14.4. The second kappa shape index (κ2) is 12.2. The van der Waals surface area contributed by atoms with E-state index < -0.39 is 0 Å². The summed E-state index contributed by atoms with van der Waals surface area (Å²) >= 11 is 1.78. The molecule has 234 valence electrons. The van der Waals surface area contributed by atoms with Gasteiger partial charge in [-0.15, -0.1) is 11.3 Å². The van der Waals surface area contributed by atoms with E-state index in [0.29, 0.717) is 0 Å². The minimum Gasteiger partial charge on any atom is -0.459 e. The molecule has 5 nitrogen and oxygen atoms in total. The van der Waals surface area contributed by atoms with Crippen molar-refractivity contribution in [1.82, 2.24) is 9.97 Å². The normalized spacial score (nSPS) is 11.8. The Bertz CT molecular complexity index is 2660. The highest BCUT2D eigenvalue weighted by atomic mass is 32.1. The Kier molecular flexibility index (Phi) is 7.58. The van der Waals surface area contributed by atoms with E-state index in [4.69, 9.17) is 13.8 Å². The molecule has 9 rings (SSSR count). The number of aromatic nitrogens is 2. The van der Waals surface area contributed by atoms with Gasteiger partial charge in [0.05, 0.1) is 21.6 Å². The number of thiophene rings is 1. The predicted octanol–water partition coefficient (Wildman–Crippen LogP) is 12.8. The summed E-state index contributed by atoms with van der Waals surface area (Å²) in [5, 5.41) is 4.35. The first-order valence-corrected chi connectivity index (χ1v) is 17.2. The van der Waals surface area contributed by atoms with E-state index in [9.17, 15) is 0 Å². The number of fused-ring (bicyclic) bond motifs is 7. The second-order valence-corrected chi connectivity index (χ2v) is 12.5. The van der Waals surface area contributed by atoms with Crippen LogP contribution in [0, 0.1) is 0 Å². The lowest BCUT2D eigenvalue weighted by Gasteiger charge is -2.06. The lowest BCUT2D eigenvalue weighted by Crippen LogP contribution is -1.88. The zero-order valence-corrected chi connectivity index (χ0v) is 28.1. The quantitative estimate of drug-likeness (QED) is 0.175. The number of rotatable bonds is 5. The monoisotopic (exact) mass is 643 g/mol. The highest BCUT2D eigenvalue weighted by Gasteiger charge is 2.15. The maximum atomic E-state index is 6.28. The molecule has 0 aliphatic carbocycles. The minimum absolute atomic E-state index is 0.787. The molecular weight excluding hydrogens is 611 g/mol. The number of furan rings is 2. The molecule has 0 bridgehead atoms. The Morgan fingerprint density at radius 1 is 0.646 bits per heavy atom. The van der Waals surface area contributed by atoms with Crippen LogP contribution in [0.4, 0.5) is 5.69 Å². The Morgan fingerprint density at radius 3 is 1.94 bits per heavy atom. The maximum absolute atomic E-state index is 6.28. The SMILES string of the molecule is CC.CC=Nc1c(CC)oc2ccc(-c3cccc(-c4ccc5oc6ccc(-c7ccc8sc9cccnc9c8c7)cc6c5c4)n3)cc12. The first kappa shape index (κ1) is 29.8. The number of aliphatic imine (C=N–C) groups is 1. The van der Waals surface area contributed by atoms with Crippen molar-refractivity contribution in [3.05, 3.63) is 115 Å². The molecule has 5 aromatic heterocycles. The molecule has 0 fully saturated rings. The van der Waals surface area contributed by atoms with Crippen molar-refractivity contribution >= 4 is 76.4 Å². The molecule has 0 unspecified atom stereocenters. The van der Waals surface area contributed by atoms with Crippen molar-refractivity contribution in [2.45, 2.75) is 34.1 Å². The Morgan fingerprint density at radius 2 is 1.25 bits per heavy atom. The lowest BCUT2D eigenvalue weighted by atomic mass is 10.0.